The zero-order valence-electron chi connectivity index (χ0n) is 45.9. The number of pyridine rings is 1. The van der Waals surface area contributed by atoms with E-state index in [4.69, 9.17) is 4.98 Å². The van der Waals surface area contributed by atoms with E-state index in [1.165, 1.54) is 16.7 Å². The number of benzene rings is 9. The Hall–Kier alpha value is -7.98. The van der Waals surface area contributed by atoms with E-state index in [1.807, 2.05) is 12.3 Å². The number of anilines is 10. The summed E-state index contributed by atoms with van der Waals surface area (Å²) in [6.45, 7) is 22.8. The molecule has 2 aliphatic heterocycles. The molecule has 78 heavy (non-hydrogen) atoms. The van der Waals surface area contributed by atoms with Crippen LogP contribution in [0.2, 0.25) is 0 Å². The Morgan fingerprint density at radius 2 is 0.974 bits per heavy atom. The number of para-hydroxylation sites is 3. The predicted octanol–water partition coefficient (Wildman–Crippen LogP) is 19.9. The van der Waals surface area contributed by atoms with E-state index in [0.717, 1.165) is 102 Å². The number of fused-ring (bicyclic) bond motifs is 6. The molecule has 0 bridgehead atoms. The summed E-state index contributed by atoms with van der Waals surface area (Å²) >= 11 is 0. The molecule has 6 heteroatoms. The standard InChI is InChI=1S/C72H64N5.Pt/c1-70(2,3)53-34-31-50(32-35-53)51-33-37-63-61-26-16-17-27-62(61)64-38-36-57(47-68(64)77(67(63)42-51)69-30-20-21-39-73-69)76(56-24-14-11-15-25-56)60-41-52(49-22-12-10-13-23-49)40-58(46-60)74-48-75(66-29-19-18-28-65(66)74)59-44-54(71(4,5)6)43-55(45-59)72(7,8)9;/h10-45,48H,1-9H3;/q-3;. The van der Waals surface area contributed by atoms with E-state index < -0.39 is 0 Å². The van der Waals surface area contributed by atoms with Crippen molar-refractivity contribution in [2.24, 2.45) is 0 Å². The first-order valence-corrected chi connectivity index (χ1v) is 26.9. The van der Waals surface area contributed by atoms with Crippen LogP contribution in [0.15, 0.2) is 219 Å². The van der Waals surface area contributed by atoms with Gasteiger partial charge in [-0.05, 0) is 110 Å². The van der Waals surface area contributed by atoms with Crippen molar-refractivity contribution in [2.75, 3.05) is 19.6 Å². The zero-order chi connectivity index (χ0) is 53.2. The number of rotatable bonds is 8. The molecule has 9 aromatic carbocycles. The van der Waals surface area contributed by atoms with Crippen molar-refractivity contribution in [1.82, 2.24) is 4.98 Å². The van der Waals surface area contributed by atoms with E-state index in [2.05, 4.69) is 307 Å². The molecule has 0 radical (unpaired) electrons. The molecule has 0 aliphatic carbocycles. The molecule has 1 aromatic heterocycles. The molecular formula is C72H64N5Pt-3. The van der Waals surface area contributed by atoms with Crippen LogP contribution in [0.1, 0.15) is 79.0 Å². The predicted molar refractivity (Wildman–Crippen MR) is 324 cm³/mol. The van der Waals surface area contributed by atoms with Crippen LogP contribution in [0.4, 0.5) is 57.0 Å². The average molecular weight is 1190 g/mol. The molecule has 3 heterocycles. The van der Waals surface area contributed by atoms with Gasteiger partial charge in [-0.15, -0.1) is 53.8 Å². The first-order valence-electron chi connectivity index (χ1n) is 26.9. The summed E-state index contributed by atoms with van der Waals surface area (Å²) in [5, 5.41) is 0. The molecule has 0 saturated heterocycles. The Bertz CT molecular complexity index is 3760. The van der Waals surface area contributed by atoms with Crippen molar-refractivity contribution in [1.29, 1.82) is 0 Å². The van der Waals surface area contributed by atoms with E-state index in [-0.39, 0.29) is 37.3 Å². The summed E-state index contributed by atoms with van der Waals surface area (Å²) in [6, 6.07) is 85.2. The molecule has 0 amide bonds. The molecule has 0 unspecified atom stereocenters. The molecule has 0 atom stereocenters. The third kappa shape index (κ3) is 9.86. The first-order chi connectivity index (χ1) is 37.1. The second kappa shape index (κ2) is 20.4. The smallest absolute Gasteiger partial charge is 0.135 e. The van der Waals surface area contributed by atoms with Crippen LogP contribution < -0.4 is 19.6 Å². The second-order valence-corrected chi connectivity index (χ2v) is 23.5. The Morgan fingerprint density at radius 3 is 1.62 bits per heavy atom. The van der Waals surface area contributed by atoms with E-state index in [1.54, 1.807) is 0 Å². The minimum absolute atomic E-state index is 0. The normalized spacial score (nSPS) is 13.0. The van der Waals surface area contributed by atoms with Gasteiger partial charge in [0.05, 0.1) is 5.69 Å². The maximum absolute atomic E-state index is 5.09. The fourth-order valence-electron chi connectivity index (χ4n) is 10.8. The number of aromatic nitrogens is 1. The molecule has 12 rings (SSSR count). The van der Waals surface area contributed by atoms with Gasteiger partial charge < -0.3 is 19.6 Å². The van der Waals surface area contributed by atoms with Gasteiger partial charge in [-0.25, -0.2) is 4.98 Å². The Kier molecular flexibility index (Phi) is 13.6. The van der Waals surface area contributed by atoms with Gasteiger partial charge in [0.2, 0.25) is 0 Å². The number of hydrogen-bond donors (Lipinski definition) is 0. The van der Waals surface area contributed by atoms with Crippen molar-refractivity contribution < 1.29 is 21.1 Å². The summed E-state index contributed by atoms with van der Waals surface area (Å²) in [4.78, 5) is 14.4. The van der Waals surface area contributed by atoms with Crippen LogP contribution in [-0.2, 0) is 37.3 Å². The summed E-state index contributed by atoms with van der Waals surface area (Å²) in [5.74, 6) is 0.804. The Morgan fingerprint density at radius 1 is 0.410 bits per heavy atom. The van der Waals surface area contributed by atoms with Crippen molar-refractivity contribution in [2.45, 2.75) is 78.6 Å². The van der Waals surface area contributed by atoms with Crippen LogP contribution >= 0.6 is 0 Å². The van der Waals surface area contributed by atoms with Gasteiger partial charge in [0.25, 0.3) is 0 Å². The van der Waals surface area contributed by atoms with Gasteiger partial charge in [0.1, 0.15) is 5.82 Å². The topological polar surface area (TPSA) is 25.9 Å². The van der Waals surface area contributed by atoms with Crippen LogP contribution in [0, 0.1) is 18.8 Å². The summed E-state index contributed by atoms with van der Waals surface area (Å²) in [6.07, 6.45) is 1.88. The third-order valence-corrected chi connectivity index (χ3v) is 15.1. The van der Waals surface area contributed by atoms with Gasteiger partial charge in [-0.1, -0.05) is 218 Å². The molecule has 10 aromatic rings. The largest absolute Gasteiger partial charge is 0.493 e. The fourth-order valence-corrected chi connectivity index (χ4v) is 10.8. The van der Waals surface area contributed by atoms with Crippen LogP contribution in [-0.4, -0.2) is 4.98 Å². The van der Waals surface area contributed by atoms with Gasteiger partial charge in [0, 0.05) is 55.6 Å². The molecule has 0 spiro atoms. The van der Waals surface area contributed by atoms with Gasteiger partial charge >= 0.3 is 0 Å². The molecular weight excluding hydrogens is 1130 g/mol. The minimum Gasteiger partial charge on any atom is -0.493 e. The van der Waals surface area contributed by atoms with Crippen molar-refractivity contribution in [3.63, 3.8) is 0 Å². The second-order valence-electron chi connectivity index (χ2n) is 23.5. The van der Waals surface area contributed by atoms with Crippen LogP contribution in [0.5, 0.6) is 0 Å². The van der Waals surface area contributed by atoms with E-state index in [0.29, 0.717) is 0 Å². The molecule has 2 aliphatic rings. The maximum atomic E-state index is 5.09. The zero-order valence-corrected chi connectivity index (χ0v) is 48.2. The van der Waals surface area contributed by atoms with Crippen LogP contribution in [0.25, 0.3) is 44.5 Å². The van der Waals surface area contributed by atoms with Gasteiger partial charge in [0.15, 0.2) is 0 Å². The summed E-state index contributed by atoms with van der Waals surface area (Å²) < 4.78 is 0. The number of nitrogens with zero attached hydrogens (tertiary/aromatic N) is 5. The van der Waals surface area contributed by atoms with E-state index >= 15 is 0 Å². The summed E-state index contributed by atoms with van der Waals surface area (Å²) in [5.41, 5.74) is 21.7. The molecule has 0 N–H and O–H groups in total. The first kappa shape index (κ1) is 52.1. The van der Waals surface area contributed by atoms with Gasteiger partial charge in [-0.3, -0.25) is 0 Å². The maximum Gasteiger partial charge on any atom is 0.135 e. The number of hydrogen-bond acceptors (Lipinski definition) is 5. The summed E-state index contributed by atoms with van der Waals surface area (Å²) in [7, 11) is 0. The molecule has 390 valence electrons. The molecule has 0 saturated carbocycles. The Labute approximate surface area is 476 Å². The molecule has 0 fully saturated rings. The third-order valence-electron chi connectivity index (χ3n) is 15.1. The quantitative estimate of drug-likeness (QED) is 0.141. The fraction of sp³-hybridized carbons (Fsp3) is 0.167. The molecule has 5 nitrogen and oxygen atoms in total. The van der Waals surface area contributed by atoms with Crippen LogP contribution in [0.3, 0.4) is 0 Å². The average Bonchev–Trinajstić information content (AvgIpc) is 3.82. The monoisotopic (exact) mass is 1190 g/mol. The minimum atomic E-state index is -0.0430. The van der Waals surface area contributed by atoms with Crippen molar-refractivity contribution >= 4 is 57.0 Å². The van der Waals surface area contributed by atoms with E-state index in [9.17, 15) is 0 Å². The van der Waals surface area contributed by atoms with Gasteiger partial charge in [-0.2, -0.15) is 6.07 Å². The Balaban J connectivity index is 0.00000645. The SMILES string of the molecule is CC(C)(C)c1ccc(-c2ccc3c(c2)N(c2ccccn2)c2[c-]c(N(c4[c-]c(N5[CH-]N(c6cc(C(C)(C)C)cc(C(C)(C)C)c6)c6ccccc65)cc(-c5ccccc5)c4)c4ccccc4)ccc2-c2ccccc2-3)cc1.[Pt]. The van der Waals surface area contributed by atoms with Crippen molar-refractivity contribution in [3.8, 4) is 44.5 Å². The van der Waals surface area contributed by atoms with Crippen molar-refractivity contribution in [3.05, 3.63) is 254 Å².